The average Bonchev–Trinajstić information content (AvgIpc) is 2.53. The van der Waals surface area contributed by atoms with Gasteiger partial charge in [-0.15, -0.1) is 24.0 Å². The molecule has 24 heavy (non-hydrogen) atoms. The summed E-state index contributed by atoms with van der Waals surface area (Å²) in [5.74, 6) is 0.763. The number of guanidine groups is 1. The molecule has 0 amide bonds. The van der Waals surface area contributed by atoms with Crippen molar-refractivity contribution in [3.63, 3.8) is 0 Å². The van der Waals surface area contributed by atoms with Crippen LogP contribution in [0.4, 0.5) is 0 Å². The summed E-state index contributed by atoms with van der Waals surface area (Å²) in [6.07, 6.45) is 0. The van der Waals surface area contributed by atoms with Crippen LogP contribution in [0, 0.1) is 0 Å². The molecular weight excluding hydrogens is 421 g/mol. The van der Waals surface area contributed by atoms with E-state index >= 15 is 0 Å². The summed E-state index contributed by atoms with van der Waals surface area (Å²) in [6, 6.07) is 0. The Kier molecular flexibility index (Phi) is 13.0. The van der Waals surface area contributed by atoms with Crippen LogP contribution in [0.1, 0.15) is 20.8 Å². The highest BCUT2D eigenvalue weighted by Gasteiger charge is 2.25. The number of ether oxygens (including phenoxy) is 1. The van der Waals surface area contributed by atoms with Crippen molar-refractivity contribution in [2.75, 3.05) is 72.6 Å². The Labute approximate surface area is 164 Å². The predicted octanol–water partition coefficient (Wildman–Crippen LogP) is 0.194. The van der Waals surface area contributed by atoms with Gasteiger partial charge in [-0.2, -0.15) is 0 Å². The van der Waals surface area contributed by atoms with Crippen LogP contribution in [0.2, 0.25) is 0 Å². The number of β-amino-alcohol motifs (C(OH)–C–C–N with tert-alkyl or cyclic N) is 1. The smallest absolute Gasteiger partial charge is 0.191 e. The quantitative estimate of drug-likeness (QED) is 0.261. The zero-order valence-electron chi connectivity index (χ0n) is 15.7. The van der Waals surface area contributed by atoms with Crippen LogP contribution >= 0.6 is 24.0 Å². The van der Waals surface area contributed by atoms with Gasteiger partial charge in [-0.05, 0) is 27.4 Å². The van der Waals surface area contributed by atoms with Gasteiger partial charge in [0.1, 0.15) is 0 Å². The SMILES string of the molecule is CCNC(=NCC(C)(O)CN1CCOCC1)NCCN(C)CC.I. The molecule has 1 rings (SSSR count). The highest BCUT2D eigenvalue weighted by Crippen LogP contribution is 2.09. The van der Waals surface area contributed by atoms with Gasteiger partial charge >= 0.3 is 0 Å². The molecule has 0 aromatic rings. The molecule has 0 radical (unpaired) electrons. The van der Waals surface area contributed by atoms with Crippen molar-refractivity contribution in [2.45, 2.75) is 26.4 Å². The Hall–Kier alpha value is -0.160. The third-order valence-electron chi connectivity index (χ3n) is 3.92. The molecule has 1 aliphatic rings. The van der Waals surface area contributed by atoms with Crippen LogP contribution in [0.5, 0.6) is 0 Å². The Balaban J connectivity index is 0.00000529. The van der Waals surface area contributed by atoms with Gasteiger partial charge in [-0.25, -0.2) is 0 Å². The number of halogens is 1. The Morgan fingerprint density at radius 2 is 1.96 bits per heavy atom. The van der Waals surface area contributed by atoms with E-state index in [1.54, 1.807) is 0 Å². The van der Waals surface area contributed by atoms with E-state index in [0.29, 0.717) is 13.1 Å². The summed E-state index contributed by atoms with van der Waals surface area (Å²) < 4.78 is 5.34. The first kappa shape index (κ1) is 23.8. The van der Waals surface area contributed by atoms with Gasteiger partial charge in [-0.3, -0.25) is 9.89 Å². The minimum absolute atomic E-state index is 0. The third-order valence-corrected chi connectivity index (χ3v) is 3.92. The molecule has 0 aliphatic carbocycles. The van der Waals surface area contributed by atoms with Crippen LogP contribution in [-0.4, -0.2) is 99.1 Å². The summed E-state index contributed by atoms with van der Waals surface area (Å²) in [4.78, 5) is 9.01. The first-order valence-electron chi connectivity index (χ1n) is 8.70. The second kappa shape index (κ2) is 13.1. The van der Waals surface area contributed by atoms with Crippen molar-refractivity contribution in [1.82, 2.24) is 20.4 Å². The van der Waals surface area contributed by atoms with E-state index < -0.39 is 5.60 Å². The Bertz CT molecular complexity index is 349. The van der Waals surface area contributed by atoms with Gasteiger partial charge in [0.25, 0.3) is 0 Å². The van der Waals surface area contributed by atoms with E-state index in [1.165, 1.54) is 0 Å². The van der Waals surface area contributed by atoms with Crippen molar-refractivity contribution < 1.29 is 9.84 Å². The summed E-state index contributed by atoms with van der Waals surface area (Å²) in [7, 11) is 2.10. The first-order valence-corrected chi connectivity index (χ1v) is 8.70. The normalized spacial score (nSPS) is 18.8. The lowest BCUT2D eigenvalue weighted by atomic mass is 10.1. The van der Waals surface area contributed by atoms with Crippen molar-refractivity contribution in [3.05, 3.63) is 0 Å². The zero-order chi connectivity index (χ0) is 17.1. The lowest BCUT2D eigenvalue weighted by molar-refractivity contribution is -0.0179. The van der Waals surface area contributed by atoms with Crippen LogP contribution in [0.25, 0.3) is 0 Å². The van der Waals surface area contributed by atoms with E-state index in [4.69, 9.17) is 4.74 Å². The average molecular weight is 457 g/mol. The number of likely N-dealkylation sites (N-methyl/N-ethyl adjacent to an activating group) is 1. The fourth-order valence-electron chi connectivity index (χ4n) is 2.41. The Morgan fingerprint density at radius 3 is 2.54 bits per heavy atom. The fourth-order valence-corrected chi connectivity index (χ4v) is 2.41. The minimum Gasteiger partial charge on any atom is -0.387 e. The molecule has 1 aliphatic heterocycles. The van der Waals surface area contributed by atoms with Crippen molar-refractivity contribution >= 4 is 29.9 Å². The van der Waals surface area contributed by atoms with E-state index in [9.17, 15) is 5.11 Å². The van der Waals surface area contributed by atoms with Crippen LogP contribution in [0.15, 0.2) is 4.99 Å². The van der Waals surface area contributed by atoms with Gasteiger partial charge < -0.3 is 25.4 Å². The molecule has 1 saturated heterocycles. The van der Waals surface area contributed by atoms with Crippen molar-refractivity contribution in [2.24, 2.45) is 4.99 Å². The molecule has 0 bridgehead atoms. The molecule has 1 fully saturated rings. The molecule has 144 valence electrons. The van der Waals surface area contributed by atoms with Crippen molar-refractivity contribution in [3.8, 4) is 0 Å². The summed E-state index contributed by atoms with van der Waals surface area (Å²) in [5, 5.41) is 17.1. The summed E-state index contributed by atoms with van der Waals surface area (Å²) in [5.41, 5.74) is -0.833. The van der Waals surface area contributed by atoms with Gasteiger partial charge in [0.05, 0.1) is 25.4 Å². The second-order valence-corrected chi connectivity index (χ2v) is 6.40. The maximum absolute atomic E-state index is 10.6. The van der Waals surface area contributed by atoms with E-state index in [0.717, 1.165) is 58.4 Å². The molecule has 0 aromatic heterocycles. The summed E-state index contributed by atoms with van der Waals surface area (Å²) >= 11 is 0. The van der Waals surface area contributed by atoms with E-state index in [1.807, 2.05) is 13.8 Å². The number of aliphatic hydroxyl groups is 1. The maximum atomic E-state index is 10.6. The molecule has 8 heteroatoms. The summed E-state index contributed by atoms with van der Waals surface area (Å²) in [6.45, 7) is 13.9. The van der Waals surface area contributed by atoms with Gasteiger partial charge in [0, 0.05) is 39.3 Å². The topological polar surface area (TPSA) is 72.4 Å². The second-order valence-electron chi connectivity index (χ2n) is 6.40. The van der Waals surface area contributed by atoms with Crippen LogP contribution in [0.3, 0.4) is 0 Å². The zero-order valence-corrected chi connectivity index (χ0v) is 18.0. The molecule has 1 unspecified atom stereocenters. The first-order chi connectivity index (χ1) is 11.0. The third kappa shape index (κ3) is 10.7. The predicted molar refractivity (Wildman–Crippen MR) is 110 cm³/mol. The van der Waals surface area contributed by atoms with Crippen molar-refractivity contribution in [1.29, 1.82) is 0 Å². The largest absolute Gasteiger partial charge is 0.387 e. The lowest BCUT2D eigenvalue weighted by Gasteiger charge is -2.33. The van der Waals surface area contributed by atoms with Gasteiger partial charge in [-0.1, -0.05) is 6.92 Å². The van der Waals surface area contributed by atoms with E-state index in [-0.39, 0.29) is 24.0 Å². The molecule has 1 heterocycles. The highest BCUT2D eigenvalue weighted by molar-refractivity contribution is 14.0. The molecule has 1 atom stereocenters. The monoisotopic (exact) mass is 457 g/mol. The molecular formula is C16H36IN5O2. The highest BCUT2D eigenvalue weighted by atomic mass is 127. The van der Waals surface area contributed by atoms with Gasteiger partial charge in [0.15, 0.2) is 5.96 Å². The maximum Gasteiger partial charge on any atom is 0.191 e. The number of nitrogens with one attached hydrogen (secondary N) is 2. The molecule has 0 saturated carbocycles. The number of nitrogens with zero attached hydrogens (tertiary/aromatic N) is 3. The van der Waals surface area contributed by atoms with Gasteiger partial charge in [0.2, 0.25) is 0 Å². The number of morpholine rings is 1. The number of hydrogen-bond donors (Lipinski definition) is 3. The molecule has 7 nitrogen and oxygen atoms in total. The Morgan fingerprint density at radius 1 is 1.29 bits per heavy atom. The minimum atomic E-state index is -0.833. The number of hydrogen-bond acceptors (Lipinski definition) is 5. The molecule has 0 aromatic carbocycles. The van der Waals surface area contributed by atoms with E-state index in [2.05, 4.69) is 39.4 Å². The molecule has 3 N–H and O–H groups in total. The molecule has 0 spiro atoms. The number of rotatable bonds is 9. The fraction of sp³-hybridized carbons (Fsp3) is 0.938. The standard InChI is InChI=1S/C16H35N5O2.HI/c1-5-17-15(18-7-8-20(4)6-2)19-13-16(3,22)14-21-9-11-23-12-10-21;/h22H,5-14H2,1-4H3,(H2,17,18,19);1H. The van der Waals surface area contributed by atoms with Crippen LogP contribution < -0.4 is 10.6 Å². The number of aliphatic imine (C=N–C) groups is 1. The lowest BCUT2D eigenvalue weighted by Crippen LogP contribution is -2.48. The van der Waals surface area contributed by atoms with Crippen LogP contribution in [-0.2, 0) is 4.74 Å².